The van der Waals surface area contributed by atoms with Gasteiger partial charge in [-0.3, -0.25) is 0 Å². The van der Waals surface area contributed by atoms with Gasteiger partial charge in [0.15, 0.2) is 17.3 Å². The number of benzene rings is 2. The summed E-state index contributed by atoms with van der Waals surface area (Å²) in [6.07, 6.45) is 2.55. The third-order valence-electron chi connectivity index (χ3n) is 4.00. The molecule has 0 amide bonds. The molecule has 3 aromatic rings. The van der Waals surface area contributed by atoms with Gasteiger partial charge in [0, 0.05) is 5.69 Å². The third-order valence-corrected chi connectivity index (χ3v) is 4.00. The predicted molar refractivity (Wildman–Crippen MR) is 116 cm³/mol. The van der Waals surface area contributed by atoms with Crippen molar-refractivity contribution in [3.63, 3.8) is 0 Å². The molecule has 3 rings (SSSR count). The molecule has 0 unspecified atom stereocenters. The standard InChI is InChI=1S/C22H22N6O2/c1-3-11-30-18-10-9-15(13-19(18)29-2)12-16(14-23)20-26-21(24)28-22(27-20)25-17-7-5-4-6-8-17/h4-10,12-13H,3,11H2,1-2H3,(H3,24,25,26,27,28)/b16-12+. The van der Waals surface area contributed by atoms with E-state index in [1.807, 2.05) is 43.3 Å². The molecule has 8 heteroatoms. The zero-order valence-corrected chi connectivity index (χ0v) is 16.8. The lowest BCUT2D eigenvalue weighted by atomic mass is 10.1. The summed E-state index contributed by atoms with van der Waals surface area (Å²) in [5, 5.41) is 12.7. The highest BCUT2D eigenvalue weighted by molar-refractivity contribution is 5.87. The van der Waals surface area contributed by atoms with E-state index in [-0.39, 0.29) is 23.3 Å². The molecule has 0 atom stereocenters. The first kappa shape index (κ1) is 20.6. The topological polar surface area (TPSA) is 119 Å². The second kappa shape index (κ2) is 9.89. The molecule has 3 N–H and O–H groups in total. The van der Waals surface area contributed by atoms with E-state index in [2.05, 4.69) is 26.3 Å². The molecule has 1 aromatic heterocycles. The predicted octanol–water partition coefficient (Wildman–Crippen LogP) is 4.06. The van der Waals surface area contributed by atoms with Crippen LogP contribution >= 0.6 is 0 Å². The Bertz CT molecular complexity index is 1080. The van der Waals surface area contributed by atoms with Gasteiger partial charge in [-0.25, -0.2) is 0 Å². The molecule has 0 saturated carbocycles. The molecular formula is C22H22N6O2. The molecule has 0 aliphatic rings. The molecular weight excluding hydrogens is 380 g/mol. The Morgan fingerprint density at radius 2 is 1.93 bits per heavy atom. The van der Waals surface area contributed by atoms with Crippen molar-refractivity contribution in [1.29, 1.82) is 5.26 Å². The fourth-order valence-corrected chi connectivity index (χ4v) is 2.64. The Labute approximate surface area is 175 Å². The number of methoxy groups -OCH3 is 1. The number of hydrogen-bond donors (Lipinski definition) is 2. The van der Waals surface area contributed by atoms with Gasteiger partial charge < -0.3 is 20.5 Å². The van der Waals surface area contributed by atoms with Crippen molar-refractivity contribution in [3.05, 3.63) is 59.9 Å². The van der Waals surface area contributed by atoms with Gasteiger partial charge in [0.1, 0.15) is 6.07 Å². The second-order valence-electron chi connectivity index (χ2n) is 6.26. The Morgan fingerprint density at radius 1 is 1.13 bits per heavy atom. The Morgan fingerprint density at radius 3 is 2.63 bits per heavy atom. The number of nitrogens with one attached hydrogen (secondary N) is 1. The summed E-state index contributed by atoms with van der Waals surface area (Å²) in [6.45, 7) is 2.63. The van der Waals surface area contributed by atoms with Crippen LogP contribution in [0.15, 0.2) is 48.5 Å². The summed E-state index contributed by atoms with van der Waals surface area (Å²) in [4.78, 5) is 12.5. The zero-order valence-electron chi connectivity index (χ0n) is 16.8. The van der Waals surface area contributed by atoms with E-state index in [0.717, 1.165) is 17.7 Å². The van der Waals surface area contributed by atoms with Crippen LogP contribution < -0.4 is 20.5 Å². The number of nitrogen functional groups attached to an aromatic ring is 1. The average Bonchev–Trinajstić information content (AvgIpc) is 2.76. The number of aromatic nitrogens is 3. The first-order chi connectivity index (χ1) is 14.6. The Kier molecular flexibility index (Phi) is 6.79. The number of anilines is 3. The number of nitriles is 1. The molecule has 0 bridgehead atoms. The van der Waals surface area contributed by atoms with Crippen molar-refractivity contribution in [2.45, 2.75) is 13.3 Å². The summed E-state index contributed by atoms with van der Waals surface area (Å²) in [6, 6.07) is 17.0. The lowest BCUT2D eigenvalue weighted by molar-refractivity contribution is 0.294. The minimum atomic E-state index is 0.0143. The van der Waals surface area contributed by atoms with Gasteiger partial charge in [0.25, 0.3) is 0 Å². The molecule has 8 nitrogen and oxygen atoms in total. The molecule has 152 valence electrons. The minimum Gasteiger partial charge on any atom is -0.493 e. The molecule has 0 radical (unpaired) electrons. The van der Waals surface area contributed by atoms with Crippen LogP contribution in [0.5, 0.6) is 11.5 Å². The van der Waals surface area contributed by atoms with Crippen molar-refractivity contribution in [2.24, 2.45) is 0 Å². The zero-order chi connectivity index (χ0) is 21.3. The molecule has 0 spiro atoms. The number of nitrogens with zero attached hydrogens (tertiary/aromatic N) is 4. The van der Waals surface area contributed by atoms with Crippen molar-refractivity contribution in [1.82, 2.24) is 15.0 Å². The number of rotatable bonds is 8. The van der Waals surface area contributed by atoms with Crippen LogP contribution in [0, 0.1) is 11.3 Å². The van der Waals surface area contributed by atoms with Gasteiger partial charge >= 0.3 is 0 Å². The van der Waals surface area contributed by atoms with Gasteiger partial charge in [-0.05, 0) is 42.3 Å². The Balaban J connectivity index is 1.92. The van der Waals surface area contributed by atoms with Crippen LogP contribution in [0.2, 0.25) is 0 Å². The SMILES string of the molecule is CCCOc1ccc(/C=C(\C#N)c2nc(N)nc(Nc3ccccc3)n2)cc1OC. The number of hydrogen-bond acceptors (Lipinski definition) is 8. The van der Waals surface area contributed by atoms with E-state index < -0.39 is 0 Å². The van der Waals surface area contributed by atoms with Crippen molar-refractivity contribution < 1.29 is 9.47 Å². The smallest absolute Gasteiger partial charge is 0.232 e. The summed E-state index contributed by atoms with van der Waals surface area (Å²) < 4.78 is 11.1. The van der Waals surface area contributed by atoms with Crippen LogP contribution in [0.1, 0.15) is 24.7 Å². The van der Waals surface area contributed by atoms with Crippen molar-refractivity contribution in [3.8, 4) is 17.6 Å². The maximum absolute atomic E-state index is 9.67. The largest absolute Gasteiger partial charge is 0.493 e. The lowest BCUT2D eigenvalue weighted by Gasteiger charge is -2.11. The first-order valence-corrected chi connectivity index (χ1v) is 9.39. The number of allylic oxidation sites excluding steroid dienone is 1. The highest BCUT2D eigenvalue weighted by atomic mass is 16.5. The fourth-order valence-electron chi connectivity index (χ4n) is 2.64. The van der Waals surface area contributed by atoms with Crippen LogP contribution in [0.3, 0.4) is 0 Å². The molecule has 2 aromatic carbocycles. The van der Waals surface area contributed by atoms with Crippen molar-refractivity contribution >= 4 is 29.2 Å². The van der Waals surface area contributed by atoms with Crippen LogP contribution in [0.4, 0.5) is 17.6 Å². The summed E-state index contributed by atoms with van der Waals surface area (Å²) in [5.41, 5.74) is 7.61. The van der Waals surface area contributed by atoms with Gasteiger partial charge in [0.05, 0.1) is 19.3 Å². The summed E-state index contributed by atoms with van der Waals surface area (Å²) in [5.74, 6) is 1.67. The lowest BCUT2D eigenvalue weighted by Crippen LogP contribution is -2.06. The minimum absolute atomic E-state index is 0.0143. The quantitative estimate of drug-likeness (QED) is 0.541. The third kappa shape index (κ3) is 5.23. The molecule has 0 aliphatic carbocycles. The molecule has 0 aliphatic heterocycles. The number of nitrogens with two attached hydrogens (primary N) is 1. The molecule has 0 fully saturated rings. The van der Waals surface area contributed by atoms with Crippen molar-refractivity contribution in [2.75, 3.05) is 24.8 Å². The highest BCUT2D eigenvalue weighted by Crippen LogP contribution is 2.30. The molecule has 1 heterocycles. The summed E-state index contributed by atoms with van der Waals surface area (Å²) >= 11 is 0. The maximum atomic E-state index is 9.67. The monoisotopic (exact) mass is 402 g/mol. The van der Waals surface area contributed by atoms with Gasteiger partial charge in [-0.1, -0.05) is 31.2 Å². The van der Waals surface area contributed by atoms with Gasteiger partial charge in [-0.2, -0.15) is 20.2 Å². The number of ether oxygens (including phenoxy) is 2. The van der Waals surface area contributed by atoms with Crippen LogP contribution in [-0.4, -0.2) is 28.7 Å². The highest BCUT2D eigenvalue weighted by Gasteiger charge is 2.11. The van der Waals surface area contributed by atoms with Gasteiger partial charge in [0.2, 0.25) is 11.9 Å². The number of para-hydroxylation sites is 1. The van der Waals surface area contributed by atoms with Crippen LogP contribution in [-0.2, 0) is 0 Å². The first-order valence-electron chi connectivity index (χ1n) is 9.39. The van der Waals surface area contributed by atoms with E-state index in [1.54, 1.807) is 25.3 Å². The second-order valence-corrected chi connectivity index (χ2v) is 6.26. The van der Waals surface area contributed by atoms with E-state index in [9.17, 15) is 5.26 Å². The normalized spacial score (nSPS) is 10.9. The van der Waals surface area contributed by atoms with E-state index in [4.69, 9.17) is 15.2 Å². The van der Waals surface area contributed by atoms with Crippen LogP contribution in [0.25, 0.3) is 11.6 Å². The summed E-state index contributed by atoms with van der Waals surface area (Å²) in [7, 11) is 1.57. The fraction of sp³-hybridized carbons (Fsp3) is 0.182. The Hall–Kier alpha value is -4.12. The van der Waals surface area contributed by atoms with E-state index in [1.165, 1.54) is 0 Å². The van der Waals surface area contributed by atoms with Gasteiger partial charge in [-0.15, -0.1) is 0 Å². The molecule has 0 saturated heterocycles. The average molecular weight is 402 g/mol. The van der Waals surface area contributed by atoms with E-state index in [0.29, 0.717) is 18.1 Å². The van der Waals surface area contributed by atoms with E-state index >= 15 is 0 Å². The maximum Gasteiger partial charge on any atom is 0.232 e. The molecule has 30 heavy (non-hydrogen) atoms.